The first-order valence-electron chi connectivity index (χ1n) is 7.08. The number of benzene rings is 1. The summed E-state index contributed by atoms with van der Waals surface area (Å²) in [5.41, 5.74) is 1.07. The van der Waals surface area contributed by atoms with Gasteiger partial charge in [0.1, 0.15) is 0 Å². The number of ether oxygens (including phenoxy) is 2. The number of nitrogens with zero attached hydrogens (tertiary/aromatic N) is 2. The fraction of sp³-hybridized carbons (Fsp3) is 0.400. The fourth-order valence-corrected chi connectivity index (χ4v) is 1.84. The van der Waals surface area contributed by atoms with Crippen LogP contribution in [-0.4, -0.2) is 36.1 Å². The minimum atomic E-state index is -4.69. The molecule has 1 heterocycles. The molecule has 0 saturated heterocycles. The number of carbonyl (C=O) groups is 1. The highest BCUT2D eigenvalue weighted by Crippen LogP contribution is 2.29. The number of methoxy groups -OCH3 is 2. The van der Waals surface area contributed by atoms with Crippen LogP contribution in [0.2, 0.25) is 0 Å². The maximum absolute atomic E-state index is 12.5. The van der Waals surface area contributed by atoms with Gasteiger partial charge in [0.15, 0.2) is 0 Å². The molecule has 0 bridgehead atoms. The van der Waals surface area contributed by atoms with Gasteiger partial charge in [-0.2, -0.15) is 18.2 Å². The van der Waals surface area contributed by atoms with Gasteiger partial charge in [-0.1, -0.05) is 29.4 Å². The number of rotatable bonds is 6. The molecule has 10 heteroatoms. The molecular formula is C15H16F3N3O4. The van der Waals surface area contributed by atoms with E-state index < -0.39 is 23.8 Å². The zero-order chi connectivity index (χ0) is 18.7. The van der Waals surface area contributed by atoms with Gasteiger partial charge in [-0.25, -0.2) is 0 Å². The number of hydrogen-bond donors (Lipinski definition) is 1. The Bertz CT molecular complexity index is 724. The van der Waals surface area contributed by atoms with Crippen LogP contribution < -0.4 is 5.32 Å². The predicted octanol–water partition coefficient (Wildman–Crippen LogP) is 2.38. The lowest BCUT2D eigenvalue weighted by atomic mass is 10.1. The summed E-state index contributed by atoms with van der Waals surface area (Å²) in [6.07, 6.45) is -4.69. The highest BCUT2D eigenvalue weighted by atomic mass is 19.4. The van der Waals surface area contributed by atoms with E-state index in [-0.39, 0.29) is 12.4 Å². The van der Waals surface area contributed by atoms with E-state index >= 15 is 0 Å². The average Bonchev–Trinajstić information content (AvgIpc) is 3.09. The summed E-state index contributed by atoms with van der Waals surface area (Å²) in [5.74, 6) is -3.44. The van der Waals surface area contributed by atoms with Gasteiger partial charge in [-0.15, -0.1) is 0 Å². The van der Waals surface area contributed by atoms with Crippen LogP contribution in [-0.2, 0) is 27.0 Å². The second-order valence-corrected chi connectivity index (χ2v) is 5.15. The molecule has 0 saturated carbocycles. The molecule has 0 unspecified atom stereocenters. The lowest BCUT2D eigenvalue weighted by Gasteiger charge is -2.24. The van der Waals surface area contributed by atoms with E-state index in [4.69, 9.17) is 9.47 Å². The van der Waals surface area contributed by atoms with Gasteiger partial charge in [0.05, 0.1) is 0 Å². The van der Waals surface area contributed by atoms with Crippen LogP contribution in [0.4, 0.5) is 13.2 Å². The summed E-state index contributed by atoms with van der Waals surface area (Å²) in [6.45, 7) is 1.65. The molecule has 2 rings (SSSR count). The molecule has 1 aromatic carbocycles. The van der Waals surface area contributed by atoms with E-state index in [0.717, 1.165) is 0 Å². The third-order valence-corrected chi connectivity index (χ3v) is 3.53. The molecule has 136 valence electrons. The third-order valence-electron chi connectivity index (χ3n) is 3.53. The van der Waals surface area contributed by atoms with Gasteiger partial charge in [-0.3, -0.25) is 4.79 Å². The van der Waals surface area contributed by atoms with Gasteiger partial charge >= 0.3 is 12.1 Å². The molecule has 1 N–H and O–H groups in total. The van der Waals surface area contributed by atoms with Crippen molar-refractivity contribution in [3.05, 3.63) is 35.7 Å². The van der Waals surface area contributed by atoms with Crippen molar-refractivity contribution in [1.82, 2.24) is 15.5 Å². The van der Waals surface area contributed by atoms with E-state index in [1.807, 2.05) is 0 Å². The van der Waals surface area contributed by atoms with Crippen molar-refractivity contribution in [2.75, 3.05) is 14.2 Å². The summed E-state index contributed by atoms with van der Waals surface area (Å²) < 4.78 is 51.5. The quantitative estimate of drug-likeness (QED) is 0.797. The molecule has 2 aromatic rings. The van der Waals surface area contributed by atoms with Crippen molar-refractivity contribution in [3.8, 4) is 11.4 Å². The largest absolute Gasteiger partial charge is 0.471 e. The summed E-state index contributed by atoms with van der Waals surface area (Å²) in [5, 5.41) is 5.94. The Kier molecular flexibility index (Phi) is 5.43. The Morgan fingerprint density at radius 2 is 1.80 bits per heavy atom. The van der Waals surface area contributed by atoms with Crippen LogP contribution in [0.5, 0.6) is 0 Å². The summed E-state index contributed by atoms with van der Waals surface area (Å²) >= 11 is 0. The topological polar surface area (TPSA) is 86.5 Å². The van der Waals surface area contributed by atoms with Gasteiger partial charge in [0, 0.05) is 26.3 Å². The Hall–Kier alpha value is -2.46. The van der Waals surface area contributed by atoms with Crippen molar-refractivity contribution in [3.63, 3.8) is 0 Å². The zero-order valence-electron chi connectivity index (χ0n) is 13.7. The van der Waals surface area contributed by atoms with Crippen molar-refractivity contribution >= 4 is 5.91 Å². The molecule has 0 aliphatic rings. The highest BCUT2D eigenvalue weighted by molar-refractivity contribution is 5.83. The fourth-order valence-electron chi connectivity index (χ4n) is 1.84. The molecular weight excluding hydrogens is 343 g/mol. The van der Waals surface area contributed by atoms with Crippen molar-refractivity contribution in [2.24, 2.45) is 0 Å². The van der Waals surface area contributed by atoms with Crippen LogP contribution in [0.25, 0.3) is 11.4 Å². The number of nitrogens with one attached hydrogen (secondary N) is 1. The van der Waals surface area contributed by atoms with Gasteiger partial charge in [0.2, 0.25) is 11.6 Å². The lowest BCUT2D eigenvalue weighted by Crippen LogP contribution is -2.47. The first kappa shape index (κ1) is 18.9. The minimum absolute atomic E-state index is 0.172. The summed E-state index contributed by atoms with van der Waals surface area (Å²) in [6, 6.07) is 6.29. The van der Waals surface area contributed by atoms with Crippen LogP contribution in [0.3, 0.4) is 0 Å². The number of halogens is 3. The zero-order valence-corrected chi connectivity index (χ0v) is 13.7. The number of alkyl halides is 3. The molecule has 1 aromatic heterocycles. The van der Waals surface area contributed by atoms with E-state index in [1.54, 1.807) is 12.1 Å². The molecule has 25 heavy (non-hydrogen) atoms. The smallest absolute Gasteiger partial charge is 0.347 e. The summed E-state index contributed by atoms with van der Waals surface area (Å²) in [7, 11) is 2.69. The molecule has 1 amide bonds. The Labute approximate surface area is 141 Å². The highest BCUT2D eigenvalue weighted by Gasteiger charge is 2.38. The number of aromatic nitrogens is 2. The number of amides is 1. The second-order valence-electron chi connectivity index (χ2n) is 5.15. The number of carbonyl (C=O) groups excluding carboxylic acids is 1. The van der Waals surface area contributed by atoms with Crippen molar-refractivity contribution < 1.29 is 32.0 Å². The van der Waals surface area contributed by atoms with Crippen LogP contribution in [0.1, 0.15) is 18.4 Å². The standard InChI is InChI=1S/C15H16F3N3O4/c1-14(23-2,24-3)12(22)19-8-9-4-6-10(7-5-9)11-20-13(25-21-11)15(16,17)18/h4-7H,8H2,1-3H3,(H,19,22). The Morgan fingerprint density at radius 1 is 1.20 bits per heavy atom. The maximum atomic E-state index is 12.5. The summed E-state index contributed by atoms with van der Waals surface area (Å²) in [4.78, 5) is 15.3. The van der Waals surface area contributed by atoms with Gasteiger partial charge < -0.3 is 19.3 Å². The van der Waals surface area contributed by atoms with Crippen molar-refractivity contribution in [2.45, 2.75) is 25.4 Å². The first-order chi connectivity index (χ1) is 11.7. The maximum Gasteiger partial charge on any atom is 0.471 e. The monoisotopic (exact) mass is 359 g/mol. The van der Waals surface area contributed by atoms with E-state index in [2.05, 4.69) is 20.0 Å². The second kappa shape index (κ2) is 7.19. The van der Waals surface area contributed by atoms with Crippen LogP contribution in [0.15, 0.2) is 28.8 Å². The lowest BCUT2D eigenvalue weighted by molar-refractivity contribution is -0.201. The minimum Gasteiger partial charge on any atom is -0.347 e. The molecule has 0 spiro atoms. The van der Waals surface area contributed by atoms with E-state index in [9.17, 15) is 18.0 Å². The molecule has 0 aliphatic carbocycles. The molecule has 0 aliphatic heterocycles. The molecule has 0 fully saturated rings. The first-order valence-corrected chi connectivity index (χ1v) is 7.08. The predicted molar refractivity (Wildman–Crippen MR) is 79.0 cm³/mol. The van der Waals surface area contributed by atoms with Crippen molar-refractivity contribution in [1.29, 1.82) is 0 Å². The SMILES string of the molecule is COC(C)(OC)C(=O)NCc1ccc(-c2noc(C(F)(F)F)n2)cc1. The van der Waals surface area contributed by atoms with Crippen LogP contribution >= 0.6 is 0 Å². The normalized spacial score (nSPS) is 12.2. The van der Waals surface area contributed by atoms with Crippen LogP contribution in [0, 0.1) is 0 Å². The average molecular weight is 359 g/mol. The molecule has 7 nitrogen and oxygen atoms in total. The van der Waals surface area contributed by atoms with E-state index in [1.165, 1.54) is 33.3 Å². The molecule has 0 atom stereocenters. The Balaban J connectivity index is 2.03. The van der Waals surface area contributed by atoms with E-state index in [0.29, 0.717) is 11.1 Å². The number of hydrogen-bond acceptors (Lipinski definition) is 6. The van der Waals surface area contributed by atoms with Gasteiger partial charge in [0.25, 0.3) is 5.91 Å². The third kappa shape index (κ3) is 4.34. The van der Waals surface area contributed by atoms with Gasteiger partial charge in [-0.05, 0) is 12.5 Å². The molecule has 0 radical (unpaired) electrons. The Morgan fingerprint density at radius 3 is 2.28 bits per heavy atom.